The second-order valence-electron chi connectivity index (χ2n) is 10.5. The van der Waals surface area contributed by atoms with Crippen molar-refractivity contribution in [2.75, 3.05) is 45.2 Å². The Kier molecular flexibility index (Phi) is 9.62. The number of ether oxygens (including phenoxy) is 1. The maximum Gasteiger partial charge on any atom is 0.410 e. The fourth-order valence-electron chi connectivity index (χ4n) is 4.12. The van der Waals surface area contributed by atoms with Crippen molar-refractivity contribution in [3.63, 3.8) is 0 Å². The lowest BCUT2D eigenvalue weighted by atomic mass is 10.1. The van der Waals surface area contributed by atoms with Crippen LogP contribution in [-0.4, -0.2) is 78.7 Å². The number of nitrogens with zero attached hydrogens (tertiary/aromatic N) is 4. The lowest BCUT2D eigenvalue weighted by Gasteiger charge is -2.32. The summed E-state index contributed by atoms with van der Waals surface area (Å²) in [6.07, 6.45) is -0.458. The van der Waals surface area contributed by atoms with Crippen LogP contribution in [0.25, 0.3) is 0 Å². The minimum atomic E-state index is -0.596. The largest absolute Gasteiger partial charge is 0.444 e. The third kappa shape index (κ3) is 8.10. The summed E-state index contributed by atoms with van der Waals surface area (Å²) in [5.41, 5.74) is 3.42. The Bertz CT molecular complexity index is 1140. The van der Waals surface area contributed by atoms with E-state index in [0.717, 1.165) is 5.56 Å². The van der Waals surface area contributed by atoms with Gasteiger partial charge < -0.3 is 19.9 Å². The second-order valence-corrected chi connectivity index (χ2v) is 11.0. The SMILES string of the molecule is Cc1ccc(Cl)cc1N(CC(=O)NCCN(C)C(=O)OC(C)(C)C)CC(=O)N(C)N1Cc2ccccc2C1. The van der Waals surface area contributed by atoms with Gasteiger partial charge in [0, 0.05) is 51.0 Å². The summed E-state index contributed by atoms with van der Waals surface area (Å²) in [7, 11) is 3.37. The molecule has 2 aromatic carbocycles. The Hall–Kier alpha value is -3.30. The van der Waals surface area contributed by atoms with Gasteiger partial charge in [-0.3, -0.25) is 14.6 Å². The fraction of sp³-hybridized carbons (Fsp3) is 0.464. The predicted octanol–water partition coefficient (Wildman–Crippen LogP) is 3.83. The van der Waals surface area contributed by atoms with E-state index in [1.165, 1.54) is 16.0 Å². The Morgan fingerprint density at radius 3 is 2.26 bits per heavy atom. The van der Waals surface area contributed by atoms with E-state index in [0.29, 0.717) is 23.8 Å². The maximum absolute atomic E-state index is 13.4. The van der Waals surface area contributed by atoms with Gasteiger partial charge in [0.1, 0.15) is 5.60 Å². The highest BCUT2D eigenvalue weighted by atomic mass is 35.5. The van der Waals surface area contributed by atoms with Crippen LogP contribution < -0.4 is 10.2 Å². The number of anilines is 1. The number of aryl methyl sites for hydroxylation is 1. The van der Waals surface area contributed by atoms with Crippen molar-refractivity contribution in [3.8, 4) is 0 Å². The Morgan fingerprint density at radius 1 is 1.03 bits per heavy atom. The van der Waals surface area contributed by atoms with Crippen molar-refractivity contribution < 1.29 is 19.1 Å². The quantitative estimate of drug-likeness (QED) is 0.517. The van der Waals surface area contributed by atoms with Gasteiger partial charge in [-0.1, -0.05) is 41.9 Å². The van der Waals surface area contributed by atoms with Crippen LogP contribution in [0.2, 0.25) is 5.02 Å². The van der Waals surface area contributed by atoms with Gasteiger partial charge in [-0.2, -0.15) is 0 Å². The molecule has 3 rings (SSSR count). The lowest BCUT2D eigenvalue weighted by Crippen LogP contribution is -2.48. The van der Waals surface area contributed by atoms with E-state index >= 15 is 0 Å². The third-order valence-corrected chi connectivity index (χ3v) is 6.49. The van der Waals surface area contributed by atoms with Crippen molar-refractivity contribution in [2.24, 2.45) is 0 Å². The lowest BCUT2D eigenvalue weighted by molar-refractivity contribution is -0.145. The number of nitrogens with one attached hydrogen (secondary N) is 1. The first-order valence-corrected chi connectivity index (χ1v) is 13.0. The van der Waals surface area contributed by atoms with E-state index in [9.17, 15) is 14.4 Å². The number of fused-ring (bicyclic) bond motifs is 1. The van der Waals surface area contributed by atoms with E-state index in [-0.39, 0.29) is 38.0 Å². The molecule has 0 spiro atoms. The molecule has 0 unspecified atom stereocenters. The van der Waals surface area contributed by atoms with Crippen LogP contribution in [0.15, 0.2) is 42.5 Å². The van der Waals surface area contributed by atoms with Crippen molar-refractivity contribution in [1.29, 1.82) is 0 Å². The number of halogens is 1. The Morgan fingerprint density at radius 2 is 1.66 bits per heavy atom. The summed E-state index contributed by atoms with van der Waals surface area (Å²) in [4.78, 5) is 41.6. The number of rotatable bonds is 9. The zero-order chi connectivity index (χ0) is 28.0. The molecule has 9 nitrogen and oxygen atoms in total. The Labute approximate surface area is 230 Å². The third-order valence-electron chi connectivity index (χ3n) is 6.26. The molecule has 1 heterocycles. The van der Waals surface area contributed by atoms with E-state index in [4.69, 9.17) is 16.3 Å². The highest BCUT2D eigenvalue weighted by Gasteiger charge is 2.27. The summed E-state index contributed by atoms with van der Waals surface area (Å²) in [5, 5.41) is 6.97. The van der Waals surface area contributed by atoms with Crippen molar-refractivity contribution in [2.45, 2.75) is 46.4 Å². The average molecular weight is 544 g/mol. The van der Waals surface area contributed by atoms with Crippen LogP contribution in [0.5, 0.6) is 0 Å². The molecule has 1 aliphatic rings. The molecule has 0 aromatic heterocycles. The van der Waals surface area contributed by atoms with Gasteiger partial charge in [0.2, 0.25) is 5.91 Å². The molecule has 1 N–H and O–H groups in total. The van der Waals surface area contributed by atoms with Gasteiger partial charge >= 0.3 is 6.09 Å². The number of carbonyl (C=O) groups excluding carboxylic acids is 3. The zero-order valence-electron chi connectivity index (χ0n) is 23.1. The number of hydrogen-bond donors (Lipinski definition) is 1. The topological polar surface area (TPSA) is 85.4 Å². The van der Waals surface area contributed by atoms with Crippen molar-refractivity contribution >= 4 is 35.2 Å². The van der Waals surface area contributed by atoms with Crippen LogP contribution in [-0.2, 0) is 27.4 Å². The maximum atomic E-state index is 13.4. The summed E-state index contributed by atoms with van der Waals surface area (Å²) >= 11 is 6.27. The van der Waals surface area contributed by atoms with E-state index in [2.05, 4.69) is 17.4 Å². The Balaban J connectivity index is 1.63. The van der Waals surface area contributed by atoms with Gasteiger partial charge in [-0.25, -0.2) is 9.80 Å². The molecule has 0 aliphatic carbocycles. The standard InChI is InChI=1S/C28H38ClN5O4/c1-20-11-12-23(29)15-24(20)33(18-25(35)30-13-14-31(5)27(37)38-28(2,3)4)19-26(36)32(6)34-16-21-9-7-8-10-22(21)17-34/h7-12,15H,13-14,16-19H2,1-6H3,(H,30,35). The van der Waals surface area contributed by atoms with Crippen molar-refractivity contribution in [3.05, 3.63) is 64.2 Å². The predicted molar refractivity (Wildman–Crippen MR) is 149 cm³/mol. The molecule has 1 aliphatic heterocycles. The van der Waals surface area contributed by atoms with Gasteiger partial charge in [0.05, 0.1) is 13.1 Å². The first-order valence-electron chi connectivity index (χ1n) is 12.6. The van der Waals surface area contributed by atoms with E-state index < -0.39 is 11.7 Å². The molecule has 38 heavy (non-hydrogen) atoms. The number of benzene rings is 2. The van der Waals surface area contributed by atoms with Crippen LogP contribution in [0.3, 0.4) is 0 Å². The molecule has 3 amide bonds. The molecule has 0 atom stereocenters. The van der Waals surface area contributed by atoms with Crippen molar-refractivity contribution in [1.82, 2.24) is 20.2 Å². The van der Waals surface area contributed by atoms with Gasteiger partial charge in [-0.05, 0) is 56.5 Å². The number of likely N-dealkylation sites (N-methyl/N-ethyl adjacent to an activating group) is 2. The van der Waals surface area contributed by atoms with E-state index in [1.807, 2.05) is 30.1 Å². The summed E-state index contributed by atoms with van der Waals surface area (Å²) < 4.78 is 5.34. The molecule has 2 aromatic rings. The minimum absolute atomic E-state index is 0.00421. The first-order chi connectivity index (χ1) is 17.8. The molecule has 10 heteroatoms. The minimum Gasteiger partial charge on any atom is -0.444 e. The summed E-state index contributed by atoms with van der Waals surface area (Å²) in [6.45, 7) is 9.10. The molecule has 206 valence electrons. The van der Waals surface area contributed by atoms with Gasteiger partial charge in [0.15, 0.2) is 0 Å². The second kappa shape index (κ2) is 12.5. The molecule has 0 saturated heterocycles. The smallest absolute Gasteiger partial charge is 0.410 e. The number of carbonyl (C=O) groups is 3. The molecule has 0 saturated carbocycles. The fourth-order valence-corrected chi connectivity index (χ4v) is 4.29. The van der Waals surface area contributed by atoms with Gasteiger partial charge in [0.25, 0.3) is 5.91 Å². The number of amides is 3. The normalized spacial score (nSPS) is 13.0. The van der Waals surface area contributed by atoms with Crippen LogP contribution in [0.1, 0.15) is 37.5 Å². The number of hydrogen-bond acceptors (Lipinski definition) is 6. The highest BCUT2D eigenvalue weighted by Crippen LogP contribution is 2.26. The molecule has 0 radical (unpaired) electrons. The zero-order valence-corrected chi connectivity index (χ0v) is 23.8. The summed E-state index contributed by atoms with van der Waals surface area (Å²) in [5.74, 6) is -0.416. The van der Waals surface area contributed by atoms with Gasteiger partial charge in [-0.15, -0.1) is 0 Å². The molecule has 0 fully saturated rings. The monoisotopic (exact) mass is 543 g/mol. The summed E-state index contributed by atoms with van der Waals surface area (Å²) in [6, 6.07) is 13.5. The van der Waals surface area contributed by atoms with Crippen LogP contribution in [0.4, 0.5) is 10.5 Å². The first kappa shape index (κ1) is 29.3. The molecular formula is C28H38ClN5O4. The van der Waals surface area contributed by atoms with Crippen LogP contribution in [0, 0.1) is 6.92 Å². The highest BCUT2D eigenvalue weighted by molar-refractivity contribution is 6.30. The van der Waals surface area contributed by atoms with E-state index in [1.54, 1.807) is 56.9 Å². The van der Waals surface area contributed by atoms with Crippen LogP contribution >= 0.6 is 11.6 Å². The average Bonchev–Trinajstić information content (AvgIpc) is 3.27. The molecular weight excluding hydrogens is 506 g/mol. The number of hydrazine groups is 1. The molecule has 0 bridgehead atoms.